The Morgan fingerprint density at radius 1 is 1.05 bits per heavy atom. The number of nitrogens with one attached hydrogen (secondary N) is 2. The summed E-state index contributed by atoms with van der Waals surface area (Å²) in [5, 5.41) is 5.46. The van der Waals surface area contributed by atoms with Crippen LogP contribution in [0.2, 0.25) is 0 Å². The first-order valence-electron chi connectivity index (χ1n) is 6.76. The first-order chi connectivity index (χ1) is 10.5. The third-order valence-corrected chi connectivity index (χ3v) is 3.11. The lowest BCUT2D eigenvalue weighted by atomic mass is 10.1. The molecule has 0 aliphatic carbocycles. The molecule has 6 N–H and O–H groups in total. The van der Waals surface area contributed by atoms with E-state index in [0.29, 0.717) is 23.5 Å². The van der Waals surface area contributed by atoms with E-state index < -0.39 is 0 Å². The van der Waals surface area contributed by atoms with Crippen LogP contribution in [-0.4, -0.2) is 11.8 Å². The Kier molecular flexibility index (Phi) is 4.63. The summed E-state index contributed by atoms with van der Waals surface area (Å²) in [6, 6.07) is 12.2. The molecule has 0 unspecified atom stereocenters. The lowest BCUT2D eigenvalue weighted by Crippen LogP contribution is -2.24. The van der Waals surface area contributed by atoms with Crippen LogP contribution in [0.3, 0.4) is 0 Å². The van der Waals surface area contributed by atoms with Crippen molar-refractivity contribution >= 4 is 28.9 Å². The highest BCUT2D eigenvalue weighted by atomic mass is 16.2. The van der Waals surface area contributed by atoms with Gasteiger partial charge in [0, 0.05) is 19.2 Å². The molecule has 22 heavy (non-hydrogen) atoms. The van der Waals surface area contributed by atoms with Crippen LogP contribution in [-0.2, 0) is 11.3 Å². The van der Waals surface area contributed by atoms with Crippen LogP contribution in [0.15, 0.2) is 42.5 Å². The van der Waals surface area contributed by atoms with Gasteiger partial charge in [-0.2, -0.15) is 0 Å². The molecule has 0 saturated carbocycles. The number of hydrogen-bond donors (Lipinski definition) is 4. The average molecular weight is 298 g/mol. The second kappa shape index (κ2) is 6.62. The van der Waals surface area contributed by atoms with E-state index in [2.05, 4.69) is 10.6 Å². The van der Waals surface area contributed by atoms with Gasteiger partial charge in [0.15, 0.2) is 0 Å². The Balaban J connectivity index is 1.99. The van der Waals surface area contributed by atoms with Crippen molar-refractivity contribution in [2.24, 2.45) is 0 Å². The van der Waals surface area contributed by atoms with Crippen molar-refractivity contribution in [3.05, 3.63) is 53.6 Å². The molecule has 2 amide bonds. The Hall–Kier alpha value is -3.02. The van der Waals surface area contributed by atoms with Gasteiger partial charge in [0.1, 0.15) is 0 Å². The predicted octanol–water partition coefficient (Wildman–Crippen LogP) is 1.74. The summed E-state index contributed by atoms with van der Waals surface area (Å²) in [5.41, 5.74) is 14.1. The number of para-hydroxylation sites is 1. The van der Waals surface area contributed by atoms with E-state index in [0.717, 1.165) is 5.56 Å². The standard InChI is InChI=1S/C16H18N4O2/c1-10(21)20-12-7-5-11(6-8-12)9-19-16(22)13-3-2-4-14(17)15(13)18/h2-8H,9,17-18H2,1H3,(H,19,22)(H,20,21). The van der Waals surface area contributed by atoms with Crippen LogP contribution >= 0.6 is 0 Å². The van der Waals surface area contributed by atoms with Gasteiger partial charge in [0.2, 0.25) is 5.91 Å². The van der Waals surface area contributed by atoms with Crippen LogP contribution in [0.1, 0.15) is 22.8 Å². The maximum Gasteiger partial charge on any atom is 0.253 e. The highest BCUT2D eigenvalue weighted by molar-refractivity contribution is 6.01. The molecule has 0 bridgehead atoms. The van der Waals surface area contributed by atoms with Crippen LogP contribution < -0.4 is 22.1 Å². The van der Waals surface area contributed by atoms with Crippen molar-refractivity contribution < 1.29 is 9.59 Å². The van der Waals surface area contributed by atoms with E-state index in [1.165, 1.54) is 6.92 Å². The smallest absolute Gasteiger partial charge is 0.253 e. The van der Waals surface area contributed by atoms with Gasteiger partial charge in [-0.05, 0) is 29.8 Å². The number of carbonyl (C=O) groups is 2. The lowest BCUT2D eigenvalue weighted by molar-refractivity contribution is -0.114. The molecule has 0 heterocycles. The molecule has 0 atom stereocenters. The van der Waals surface area contributed by atoms with Gasteiger partial charge >= 0.3 is 0 Å². The number of anilines is 3. The molecule has 0 aliphatic rings. The van der Waals surface area contributed by atoms with Crippen molar-refractivity contribution in [2.75, 3.05) is 16.8 Å². The number of amides is 2. The maximum atomic E-state index is 12.1. The average Bonchev–Trinajstić information content (AvgIpc) is 2.48. The topological polar surface area (TPSA) is 110 Å². The van der Waals surface area contributed by atoms with Gasteiger partial charge in [0.25, 0.3) is 5.91 Å². The zero-order chi connectivity index (χ0) is 16.1. The third-order valence-electron chi connectivity index (χ3n) is 3.11. The number of hydrogen-bond acceptors (Lipinski definition) is 4. The fourth-order valence-corrected chi connectivity index (χ4v) is 1.97. The van der Waals surface area contributed by atoms with Crippen LogP contribution in [0.25, 0.3) is 0 Å². The summed E-state index contributed by atoms with van der Waals surface area (Å²) in [7, 11) is 0. The monoisotopic (exact) mass is 298 g/mol. The van der Waals surface area contributed by atoms with E-state index >= 15 is 0 Å². The van der Waals surface area contributed by atoms with Crippen molar-refractivity contribution in [3.63, 3.8) is 0 Å². The second-order valence-corrected chi connectivity index (χ2v) is 4.87. The summed E-state index contributed by atoms with van der Waals surface area (Å²) in [6.45, 7) is 1.80. The molecule has 2 aromatic carbocycles. The normalized spacial score (nSPS) is 10.0. The molecule has 2 rings (SSSR count). The van der Waals surface area contributed by atoms with E-state index in [-0.39, 0.29) is 17.5 Å². The van der Waals surface area contributed by atoms with E-state index in [4.69, 9.17) is 11.5 Å². The molecule has 0 saturated heterocycles. The SMILES string of the molecule is CC(=O)Nc1ccc(CNC(=O)c2cccc(N)c2N)cc1. The molecule has 0 aliphatic heterocycles. The number of nitrogen functional groups attached to an aromatic ring is 2. The fraction of sp³-hybridized carbons (Fsp3) is 0.125. The Morgan fingerprint density at radius 2 is 1.73 bits per heavy atom. The van der Waals surface area contributed by atoms with E-state index in [1.54, 1.807) is 30.3 Å². The molecule has 0 fully saturated rings. The summed E-state index contributed by atoms with van der Waals surface area (Å²) in [6.07, 6.45) is 0. The van der Waals surface area contributed by atoms with E-state index in [9.17, 15) is 9.59 Å². The second-order valence-electron chi connectivity index (χ2n) is 4.87. The van der Waals surface area contributed by atoms with Gasteiger partial charge in [-0.1, -0.05) is 18.2 Å². The van der Waals surface area contributed by atoms with Crippen LogP contribution in [0.5, 0.6) is 0 Å². The minimum atomic E-state index is -0.282. The van der Waals surface area contributed by atoms with Gasteiger partial charge in [-0.3, -0.25) is 9.59 Å². The lowest BCUT2D eigenvalue weighted by Gasteiger charge is -2.09. The summed E-state index contributed by atoms with van der Waals surface area (Å²) in [5.74, 6) is -0.408. The van der Waals surface area contributed by atoms with Crippen molar-refractivity contribution in [1.29, 1.82) is 0 Å². The molecule has 0 radical (unpaired) electrons. The van der Waals surface area contributed by atoms with E-state index in [1.807, 2.05) is 12.1 Å². The Morgan fingerprint density at radius 3 is 2.36 bits per heavy atom. The molecular weight excluding hydrogens is 280 g/mol. The number of rotatable bonds is 4. The van der Waals surface area contributed by atoms with Crippen molar-refractivity contribution in [2.45, 2.75) is 13.5 Å². The molecular formula is C16H18N4O2. The highest BCUT2D eigenvalue weighted by Gasteiger charge is 2.10. The first kappa shape index (κ1) is 15.4. The zero-order valence-electron chi connectivity index (χ0n) is 12.2. The number of nitrogens with two attached hydrogens (primary N) is 2. The Labute approximate surface area is 128 Å². The highest BCUT2D eigenvalue weighted by Crippen LogP contribution is 2.19. The molecule has 114 valence electrons. The molecule has 6 nitrogen and oxygen atoms in total. The predicted molar refractivity (Wildman–Crippen MR) is 87.2 cm³/mol. The maximum absolute atomic E-state index is 12.1. The quantitative estimate of drug-likeness (QED) is 0.644. The summed E-state index contributed by atoms with van der Waals surface area (Å²) in [4.78, 5) is 23.0. The van der Waals surface area contributed by atoms with Gasteiger partial charge in [-0.15, -0.1) is 0 Å². The zero-order valence-corrected chi connectivity index (χ0v) is 12.2. The van der Waals surface area contributed by atoms with Crippen LogP contribution in [0.4, 0.5) is 17.1 Å². The number of benzene rings is 2. The minimum absolute atomic E-state index is 0.127. The molecule has 0 spiro atoms. The minimum Gasteiger partial charge on any atom is -0.397 e. The van der Waals surface area contributed by atoms with Gasteiger partial charge < -0.3 is 22.1 Å². The molecule has 6 heteroatoms. The van der Waals surface area contributed by atoms with Crippen molar-refractivity contribution in [1.82, 2.24) is 5.32 Å². The summed E-state index contributed by atoms with van der Waals surface area (Å²) >= 11 is 0. The van der Waals surface area contributed by atoms with Crippen molar-refractivity contribution in [3.8, 4) is 0 Å². The first-order valence-corrected chi connectivity index (χ1v) is 6.76. The molecule has 2 aromatic rings. The third kappa shape index (κ3) is 3.76. The summed E-state index contributed by atoms with van der Waals surface area (Å²) < 4.78 is 0. The van der Waals surface area contributed by atoms with Gasteiger partial charge in [0.05, 0.1) is 16.9 Å². The fourth-order valence-electron chi connectivity index (χ4n) is 1.97. The Bertz CT molecular complexity index is 696. The van der Waals surface area contributed by atoms with Gasteiger partial charge in [-0.25, -0.2) is 0 Å². The number of carbonyl (C=O) groups excluding carboxylic acids is 2. The largest absolute Gasteiger partial charge is 0.397 e. The molecule has 0 aromatic heterocycles. The van der Waals surface area contributed by atoms with Crippen LogP contribution in [0, 0.1) is 0 Å².